The van der Waals surface area contributed by atoms with E-state index in [0.29, 0.717) is 11.4 Å². The zero-order chi connectivity index (χ0) is 15.0. The average molecular weight is 360 g/mol. The molecule has 0 aliphatic rings. The quantitative estimate of drug-likeness (QED) is 0.553. The van der Waals surface area contributed by atoms with Crippen LogP contribution in [0.5, 0.6) is 0 Å². The summed E-state index contributed by atoms with van der Waals surface area (Å²) in [5, 5.41) is 2.88. The van der Waals surface area contributed by atoms with E-state index in [2.05, 4.69) is 40.0 Å². The molecular weight excluding hydrogens is 338 g/mol. The van der Waals surface area contributed by atoms with Gasteiger partial charge in [-0.3, -0.25) is 4.79 Å². The van der Waals surface area contributed by atoms with Crippen LogP contribution in [0.25, 0.3) is 0 Å². The Bertz CT molecular complexity index is 438. The second kappa shape index (κ2) is 9.26. The molecule has 1 aromatic carbocycles. The number of carbonyl (C=O) groups is 1. The highest BCUT2D eigenvalue weighted by molar-refractivity contribution is 9.10. The fourth-order valence-corrected chi connectivity index (χ4v) is 3.00. The Morgan fingerprint density at radius 3 is 2.70 bits per heavy atom. The van der Waals surface area contributed by atoms with Gasteiger partial charge in [0, 0.05) is 22.5 Å². The Hall–Kier alpha value is -0.720. The van der Waals surface area contributed by atoms with Crippen LogP contribution in [0, 0.1) is 0 Å². The van der Waals surface area contributed by atoms with Gasteiger partial charge in [-0.15, -0.1) is 0 Å². The highest BCUT2D eigenvalue weighted by Gasteiger charge is 2.06. The first-order chi connectivity index (χ1) is 9.56. The lowest BCUT2D eigenvalue weighted by Gasteiger charge is -2.17. The molecule has 0 aromatic heterocycles. The van der Waals surface area contributed by atoms with Crippen molar-refractivity contribution in [2.75, 3.05) is 42.2 Å². The molecule has 6 heteroatoms. The number of nitrogens with zero attached hydrogens (tertiary/aromatic N) is 1. The highest BCUT2D eigenvalue weighted by Crippen LogP contribution is 2.24. The van der Waals surface area contributed by atoms with Crippen molar-refractivity contribution in [1.82, 2.24) is 4.90 Å². The van der Waals surface area contributed by atoms with E-state index < -0.39 is 0 Å². The number of nitrogen functional groups attached to an aromatic ring is 1. The molecule has 0 bridgehead atoms. The number of halogens is 1. The molecule has 0 aliphatic heterocycles. The molecule has 4 nitrogen and oxygen atoms in total. The first-order valence-corrected chi connectivity index (χ1v) is 8.66. The molecule has 0 aliphatic carbocycles. The molecule has 3 N–H and O–H groups in total. The van der Waals surface area contributed by atoms with Gasteiger partial charge in [0.05, 0.1) is 11.4 Å². The van der Waals surface area contributed by atoms with Crippen LogP contribution < -0.4 is 11.1 Å². The summed E-state index contributed by atoms with van der Waals surface area (Å²) >= 11 is 5.04. The summed E-state index contributed by atoms with van der Waals surface area (Å²) in [4.78, 5) is 14.2. The number of hydrogen-bond acceptors (Lipinski definition) is 4. The Balaban J connectivity index is 2.30. The summed E-state index contributed by atoms with van der Waals surface area (Å²) in [5.41, 5.74) is 7.09. The van der Waals surface area contributed by atoms with E-state index in [4.69, 9.17) is 5.73 Å². The number of amides is 1. The third-order valence-corrected chi connectivity index (χ3v) is 4.54. The van der Waals surface area contributed by atoms with Crippen LogP contribution >= 0.6 is 27.7 Å². The lowest BCUT2D eigenvalue weighted by molar-refractivity contribution is -0.113. The molecule has 0 atom stereocenters. The highest BCUT2D eigenvalue weighted by atomic mass is 79.9. The molecule has 0 saturated heterocycles. The van der Waals surface area contributed by atoms with E-state index >= 15 is 0 Å². The standard InChI is InChI=1S/C14H22BrN3OS/c1-3-18(4-2)7-8-20-10-14(19)17-13-6-5-11(16)9-12(13)15/h5-6,9H,3-4,7-8,10,16H2,1-2H3,(H,17,19). The molecule has 0 spiro atoms. The molecule has 0 unspecified atom stereocenters. The van der Waals surface area contributed by atoms with E-state index in [9.17, 15) is 4.79 Å². The van der Waals surface area contributed by atoms with E-state index in [1.807, 2.05) is 0 Å². The number of hydrogen-bond donors (Lipinski definition) is 2. The predicted octanol–water partition coefficient (Wildman–Crippen LogP) is 3.04. The van der Waals surface area contributed by atoms with Crippen LogP contribution in [0.2, 0.25) is 0 Å². The maximum absolute atomic E-state index is 11.8. The van der Waals surface area contributed by atoms with Gasteiger partial charge in [0.25, 0.3) is 0 Å². The Kier molecular flexibility index (Phi) is 8.02. The van der Waals surface area contributed by atoms with Gasteiger partial charge < -0.3 is 16.0 Å². The summed E-state index contributed by atoms with van der Waals surface area (Å²) in [6.07, 6.45) is 0. The zero-order valence-corrected chi connectivity index (χ0v) is 14.4. The van der Waals surface area contributed by atoms with Gasteiger partial charge in [-0.25, -0.2) is 0 Å². The Morgan fingerprint density at radius 2 is 2.10 bits per heavy atom. The molecule has 0 saturated carbocycles. The van der Waals surface area contributed by atoms with Gasteiger partial charge in [-0.2, -0.15) is 11.8 Å². The molecule has 20 heavy (non-hydrogen) atoms. The van der Waals surface area contributed by atoms with Crippen molar-refractivity contribution in [3.8, 4) is 0 Å². The minimum absolute atomic E-state index is 0.0139. The molecular formula is C14H22BrN3OS. The van der Waals surface area contributed by atoms with Gasteiger partial charge in [0.1, 0.15) is 0 Å². The van der Waals surface area contributed by atoms with Crippen LogP contribution in [-0.4, -0.2) is 41.9 Å². The van der Waals surface area contributed by atoms with Gasteiger partial charge in [0.2, 0.25) is 5.91 Å². The molecule has 1 amide bonds. The van der Waals surface area contributed by atoms with Gasteiger partial charge in [0.15, 0.2) is 0 Å². The van der Waals surface area contributed by atoms with Crippen molar-refractivity contribution in [1.29, 1.82) is 0 Å². The minimum atomic E-state index is 0.0139. The van der Waals surface area contributed by atoms with Gasteiger partial charge in [-0.05, 0) is 47.2 Å². The number of nitrogens with one attached hydrogen (secondary N) is 1. The van der Waals surface area contributed by atoms with Crippen LogP contribution in [-0.2, 0) is 4.79 Å². The molecule has 0 radical (unpaired) electrons. The molecule has 0 heterocycles. The molecule has 112 valence electrons. The van der Waals surface area contributed by atoms with Crippen LogP contribution in [0.3, 0.4) is 0 Å². The van der Waals surface area contributed by atoms with E-state index in [1.54, 1.807) is 30.0 Å². The first kappa shape index (κ1) is 17.3. The Morgan fingerprint density at radius 1 is 1.40 bits per heavy atom. The fourth-order valence-electron chi connectivity index (χ4n) is 1.72. The number of carbonyl (C=O) groups excluding carboxylic acids is 1. The number of rotatable bonds is 8. The van der Waals surface area contributed by atoms with E-state index in [1.165, 1.54) is 0 Å². The third kappa shape index (κ3) is 6.15. The van der Waals surface area contributed by atoms with Crippen LogP contribution in [0.15, 0.2) is 22.7 Å². The SMILES string of the molecule is CCN(CC)CCSCC(=O)Nc1ccc(N)cc1Br. The lowest BCUT2D eigenvalue weighted by Crippen LogP contribution is -2.26. The smallest absolute Gasteiger partial charge is 0.234 e. The van der Waals surface area contributed by atoms with Crippen molar-refractivity contribution >= 4 is 45.0 Å². The maximum Gasteiger partial charge on any atom is 0.234 e. The molecule has 0 fully saturated rings. The third-order valence-electron chi connectivity index (χ3n) is 2.95. The molecule has 1 aromatic rings. The van der Waals surface area contributed by atoms with Crippen molar-refractivity contribution in [2.24, 2.45) is 0 Å². The van der Waals surface area contributed by atoms with Crippen molar-refractivity contribution in [3.63, 3.8) is 0 Å². The van der Waals surface area contributed by atoms with Crippen molar-refractivity contribution in [2.45, 2.75) is 13.8 Å². The minimum Gasteiger partial charge on any atom is -0.399 e. The summed E-state index contributed by atoms with van der Waals surface area (Å²) < 4.78 is 0.805. The van der Waals surface area contributed by atoms with Crippen LogP contribution in [0.1, 0.15) is 13.8 Å². The monoisotopic (exact) mass is 359 g/mol. The topological polar surface area (TPSA) is 58.4 Å². The van der Waals surface area contributed by atoms with Gasteiger partial charge in [-0.1, -0.05) is 13.8 Å². The number of nitrogens with two attached hydrogens (primary N) is 1. The summed E-state index contributed by atoms with van der Waals surface area (Å²) in [6, 6.07) is 5.36. The summed E-state index contributed by atoms with van der Waals surface area (Å²) in [5.74, 6) is 1.45. The van der Waals surface area contributed by atoms with E-state index in [-0.39, 0.29) is 5.91 Å². The van der Waals surface area contributed by atoms with E-state index in [0.717, 1.165) is 35.5 Å². The number of anilines is 2. The average Bonchev–Trinajstić information content (AvgIpc) is 2.42. The maximum atomic E-state index is 11.8. The second-order valence-corrected chi connectivity index (χ2v) is 6.33. The van der Waals surface area contributed by atoms with Crippen molar-refractivity contribution < 1.29 is 4.79 Å². The molecule has 1 rings (SSSR count). The Labute approximate surface area is 133 Å². The lowest BCUT2D eigenvalue weighted by atomic mass is 10.3. The normalized spacial score (nSPS) is 10.8. The number of thioether (sulfide) groups is 1. The first-order valence-electron chi connectivity index (χ1n) is 6.71. The predicted molar refractivity (Wildman–Crippen MR) is 92.3 cm³/mol. The summed E-state index contributed by atoms with van der Waals surface area (Å²) in [7, 11) is 0. The summed E-state index contributed by atoms with van der Waals surface area (Å²) in [6.45, 7) is 7.44. The fraction of sp³-hybridized carbons (Fsp3) is 0.500. The largest absolute Gasteiger partial charge is 0.399 e. The van der Waals surface area contributed by atoms with Crippen LogP contribution in [0.4, 0.5) is 11.4 Å². The zero-order valence-electron chi connectivity index (χ0n) is 12.0. The second-order valence-electron chi connectivity index (χ2n) is 4.37. The van der Waals surface area contributed by atoms with Crippen molar-refractivity contribution in [3.05, 3.63) is 22.7 Å². The number of benzene rings is 1. The van der Waals surface area contributed by atoms with Gasteiger partial charge >= 0.3 is 0 Å².